The zero-order valence-electron chi connectivity index (χ0n) is 13.1. The summed E-state index contributed by atoms with van der Waals surface area (Å²) < 4.78 is 0. The third-order valence-electron chi connectivity index (χ3n) is 3.85. The van der Waals surface area contributed by atoms with Crippen LogP contribution in [0, 0.1) is 0 Å². The number of rotatable bonds is 4. The van der Waals surface area contributed by atoms with Crippen LogP contribution >= 0.6 is 0 Å². The Morgan fingerprint density at radius 1 is 1.27 bits per heavy atom. The highest BCUT2D eigenvalue weighted by atomic mass is 15.6. The zero-order chi connectivity index (χ0) is 15.5. The average Bonchev–Trinajstić information content (AvgIpc) is 3.04. The van der Waals surface area contributed by atoms with Crippen molar-refractivity contribution in [3.8, 4) is 0 Å². The van der Waals surface area contributed by atoms with Gasteiger partial charge in [0.1, 0.15) is 5.82 Å². The fraction of sp³-hybridized carbons (Fsp3) is 0.500. The Morgan fingerprint density at radius 3 is 2.77 bits per heavy atom. The summed E-state index contributed by atoms with van der Waals surface area (Å²) in [5.74, 6) is 1.44. The van der Waals surface area contributed by atoms with Crippen LogP contribution in [0.2, 0.25) is 0 Å². The smallest absolute Gasteiger partial charge is 0.266 e. The third kappa shape index (κ3) is 2.76. The monoisotopic (exact) mass is 300 g/mol. The number of aryl methyl sites for hydroxylation is 1. The van der Waals surface area contributed by atoms with E-state index >= 15 is 0 Å². The molecule has 0 fully saturated rings. The fourth-order valence-electron chi connectivity index (χ4n) is 2.44. The maximum absolute atomic E-state index is 4.50. The molecule has 1 aliphatic rings. The molecule has 2 aromatic heterocycles. The topological polar surface area (TPSA) is 84.7 Å². The minimum Gasteiger partial charge on any atom is -0.372 e. The molecule has 0 atom stereocenters. The summed E-state index contributed by atoms with van der Waals surface area (Å²) in [4.78, 5) is 12.6. The zero-order valence-corrected chi connectivity index (χ0v) is 13.1. The molecular formula is C14H20N8. The lowest BCUT2D eigenvalue weighted by Crippen LogP contribution is -2.32. The normalized spacial score (nSPS) is 15.3. The van der Waals surface area contributed by atoms with Gasteiger partial charge in [-0.15, -0.1) is 5.10 Å². The van der Waals surface area contributed by atoms with E-state index in [1.54, 1.807) is 11.0 Å². The Hall–Kier alpha value is -2.51. The van der Waals surface area contributed by atoms with Crippen LogP contribution in [-0.4, -0.2) is 50.3 Å². The maximum atomic E-state index is 4.50. The lowest BCUT2D eigenvalue weighted by atomic mass is 9.99. The molecule has 8 heteroatoms. The number of nitrogens with zero attached hydrogens (tertiary/aromatic N) is 7. The van der Waals surface area contributed by atoms with E-state index in [-0.39, 0.29) is 0 Å². The summed E-state index contributed by atoms with van der Waals surface area (Å²) >= 11 is 0. The van der Waals surface area contributed by atoms with Crippen molar-refractivity contribution in [3.63, 3.8) is 0 Å². The number of tetrazole rings is 1. The molecule has 3 heterocycles. The Labute approximate surface area is 129 Å². The molecule has 1 N–H and O–H groups in total. The molecule has 116 valence electrons. The van der Waals surface area contributed by atoms with E-state index in [1.807, 2.05) is 20.2 Å². The SMILES string of the molecule is CCn1nnc(N2CCC(C)=C(c3cnc(NC)cn3)C2)n1. The molecule has 0 aliphatic carbocycles. The fourth-order valence-corrected chi connectivity index (χ4v) is 2.44. The first-order valence-corrected chi connectivity index (χ1v) is 7.42. The summed E-state index contributed by atoms with van der Waals surface area (Å²) in [5, 5.41) is 15.5. The van der Waals surface area contributed by atoms with Gasteiger partial charge in [-0.2, -0.15) is 4.80 Å². The van der Waals surface area contributed by atoms with Gasteiger partial charge in [0.05, 0.1) is 24.6 Å². The van der Waals surface area contributed by atoms with Crippen molar-refractivity contribution in [1.82, 2.24) is 30.2 Å². The third-order valence-corrected chi connectivity index (χ3v) is 3.85. The van der Waals surface area contributed by atoms with Gasteiger partial charge in [-0.25, -0.2) is 4.98 Å². The van der Waals surface area contributed by atoms with E-state index in [9.17, 15) is 0 Å². The van der Waals surface area contributed by atoms with Crippen molar-refractivity contribution in [2.75, 3.05) is 30.4 Å². The molecule has 8 nitrogen and oxygen atoms in total. The molecule has 3 rings (SSSR count). The number of hydrogen-bond donors (Lipinski definition) is 1. The molecule has 0 amide bonds. The highest BCUT2D eigenvalue weighted by Crippen LogP contribution is 2.26. The van der Waals surface area contributed by atoms with E-state index < -0.39 is 0 Å². The lowest BCUT2D eigenvalue weighted by Gasteiger charge is -2.28. The first kappa shape index (κ1) is 14.4. The summed E-state index contributed by atoms with van der Waals surface area (Å²) in [6, 6.07) is 0. The quantitative estimate of drug-likeness (QED) is 0.908. The van der Waals surface area contributed by atoms with Crippen molar-refractivity contribution >= 4 is 17.3 Å². The molecule has 2 aromatic rings. The van der Waals surface area contributed by atoms with E-state index in [0.717, 1.165) is 37.6 Å². The Morgan fingerprint density at radius 2 is 2.14 bits per heavy atom. The van der Waals surface area contributed by atoms with Crippen molar-refractivity contribution < 1.29 is 0 Å². The minimum atomic E-state index is 0.673. The van der Waals surface area contributed by atoms with Crippen molar-refractivity contribution in [2.24, 2.45) is 0 Å². The van der Waals surface area contributed by atoms with Gasteiger partial charge in [0.2, 0.25) is 0 Å². The molecule has 22 heavy (non-hydrogen) atoms. The molecule has 0 bridgehead atoms. The molecule has 0 aromatic carbocycles. The predicted molar refractivity (Wildman–Crippen MR) is 84.5 cm³/mol. The van der Waals surface area contributed by atoms with E-state index in [1.165, 1.54) is 11.1 Å². The van der Waals surface area contributed by atoms with Gasteiger partial charge in [0.25, 0.3) is 5.95 Å². The minimum absolute atomic E-state index is 0.673. The van der Waals surface area contributed by atoms with Gasteiger partial charge in [0, 0.05) is 20.1 Å². The van der Waals surface area contributed by atoms with Crippen LogP contribution in [-0.2, 0) is 6.54 Å². The molecule has 0 saturated heterocycles. The molecule has 0 saturated carbocycles. The molecule has 0 spiro atoms. The second-order valence-electron chi connectivity index (χ2n) is 5.25. The van der Waals surface area contributed by atoms with E-state index in [2.05, 4.69) is 42.5 Å². The highest BCUT2D eigenvalue weighted by Gasteiger charge is 2.22. The van der Waals surface area contributed by atoms with Gasteiger partial charge in [-0.05, 0) is 31.1 Å². The summed E-state index contributed by atoms with van der Waals surface area (Å²) in [5.41, 5.74) is 3.43. The maximum Gasteiger partial charge on any atom is 0.266 e. The van der Waals surface area contributed by atoms with E-state index in [0.29, 0.717) is 5.95 Å². The highest BCUT2D eigenvalue weighted by molar-refractivity contribution is 5.71. The first-order chi connectivity index (χ1) is 10.7. The van der Waals surface area contributed by atoms with Crippen LogP contribution in [0.1, 0.15) is 26.0 Å². The Bertz CT molecular complexity index is 672. The van der Waals surface area contributed by atoms with Crippen LogP contribution in [0.25, 0.3) is 5.57 Å². The molecule has 0 unspecified atom stereocenters. The standard InChI is InChI=1S/C14H20N8/c1-4-22-19-14(18-20-22)21-6-5-10(2)11(9-21)12-7-17-13(15-3)8-16-12/h7-8H,4-6,9H2,1-3H3,(H,15,17). The van der Waals surface area contributed by atoms with Crippen LogP contribution in [0.15, 0.2) is 18.0 Å². The van der Waals surface area contributed by atoms with Gasteiger partial charge in [-0.3, -0.25) is 4.98 Å². The van der Waals surface area contributed by atoms with Crippen molar-refractivity contribution in [2.45, 2.75) is 26.8 Å². The van der Waals surface area contributed by atoms with Crippen LogP contribution < -0.4 is 10.2 Å². The van der Waals surface area contributed by atoms with E-state index in [4.69, 9.17) is 0 Å². The van der Waals surface area contributed by atoms with Crippen LogP contribution in [0.3, 0.4) is 0 Å². The Kier molecular flexibility index (Phi) is 3.99. The van der Waals surface area contributed by atoms with Gasteiger partial charge >= 0.3 is 0 Å². The van der Waals surface area contributed by atoms with Gasteiger partial charge < -0.3 is 10.2 Å². The van der Waals surface area contributed by atoms with Crippen molar-refractivity contribution in [3.05, 3.63) is 23.7 Å². The number of anilines is 2. The molecule has 1 aliphatic heterocycles. The molecular weight excluding hydrogens is 280 g/mol. The largest absolute Gasteiger partial charge is 0.372 e. The van der Waals surface area contributed by atoms with Crippen LogP contribution in [0.4, 0.5) is 11.8 Å². The summed E-state index contributed by atoms with van der Waals surface area (Å²) in [6.07, 6.45) is 4.52. The average molecular weight is 300 g/mol. The number of nitrogens with one attached hydrogen (secondary N) is 1. The number of hydrogen-bond acceptors (Lipinski definition) is 7. The van der Waals surface area contributed by atoms with Gasteiger partial charge in [-0.1, -0.05) is 10.7 Å². The van der Waals surface area contributed by atoms with Crippen LogP contribution in [0.5, 0.6) is 0 Å². The summed E-state index contributed by atoms with van der Waals surface area (Å²) in [6.45, 7) is 6.49. The van der Waals surface area contributed by atoms with Crippen molar-refractivity contribution in [1.29, 1.82) is 0 Å². The molecule has 0 radical (unpaired) electrons. The summed E-state index contributed by atoms with van der Waals surface area (Å²) in [7, 11) is 1.83. The second-order valence-corrected chi connectivity index (χ2v) is 5.25. The first-order valence-electron chi connectivity index (χ1n) is 7.42. The second kappa shape index (κ2) is 6.08. The lowest BCUT2D eigenvalue weighted by molar-refractivity contribution is 0.551. The predicted octanol–water partition coefficient (Wildman–Crippen LogP) is 1.21. The van der Waals surface area contributed by atoms with Gasteiger partial charge in [0.15, 0.2) is 0 Å². The number of aromatic nitrogens is 6. The Balaban J connectivity index is 1.83.